The van der Waals surface area contributed by atoms with E-state index in [1.807, 2.05) is 32.0 Å². The molecule has 1 aliphatic rings. The number of hydrogen-bond donors (Lipinski definition) is 1. The summed E-state index contributed by atoms with van der Waals surface area (Å²) in [6.07, 6.45) is 2.41. The fourth-order valence-electron chi connectivity index (χ4n) is 4.97. The number of likely N-dealkylation sites (N-methyl/N-ethyl adjacent to an activating group) is 1. The Bertz CT molecular complexity index is 1540. The molecule has 206 valence electrons. The molecule has 1 N–H and O–H groups in total. The molecule has 0 aliphatic carbocycles. The van der Waals surface area contributed by atoms with Crippen molar-refractivity contribution in [1.82, 2.24) is 14.2 Å². The molecular formula is C29H34N4O3S3. The van der Waals surface area contributed by atoms with Crippen molar-refractivity contribution in [3.8, 4) is 10.6 Å². The van der Waals surface area contributed by atoms with Gasteiger partial charge >= 0.3 is 0 Å². The van der Waals surface area contributed by atoms with E-state index < -0.39 is 10.0 Å². The van der Waals surface area contributed by atoms with Crippen LogP contribution in [0.5, 0.6) is 0 Å². The van der Waals surface area contributed by atoms with Gasteiger partial charge in [-0.05, 0) is 67.8 Å². The number of amides is 1. The number of carbonyl (C=O) groups excluding carboxylic acids is 1. The number of para-hydroxylation sites is 1. The van der Waals surface area contributed by atoms with E-state index >= 15 is 0 Å². The molecule has 3 heterocycles. The fraction of sp³-hybridized carbons (Fsp3) is 0.379. The van der Waals surface area contributed by atoms with Crippen molar-refractivity contribution in [1.29, 1.82) is 0 Å². The van der Waals surface area contributed by atoms with Crippen molar-refractivity contribution in [2.24, 2.45) is 0 Å². The molecule has 2 aromatic carbocycles. The third-order valence-electron chi connectivity index (χ3n) is 7.02. The lowest BCUT2D eigenvalue weighted by Gasteiger charge is -2.25. The van der Waals surface area contributed by atoms with Crippen molar-refractivity contribution in [2.45, 2.75) is 51.5 Å². The number of carbonyl (C=O) groups is 1. The zero-order valence-corrected chi connectivity index (χ0v) is 25.0. The van der Waals surface area contributed by atoms with Gasteiger partial charge in [-0.2, -0.15) is 4.31 Å². The number of thiazole rings is 1. The van der Waals surface area contributed by atoms with Gasteiger partial charge in [-0.1, -0.05) is 32.9 Å². The largest absolute Gasteiger partial charge is 0.313 e. The summed E-state index contributed by atoms with van der Waals surface area (Å²) < 4.78 is 28.9. The number of thiophene rings is 1. The van der Waals surface area contributed by atoms with Gasteiger partial charge < -0.3 is 5.32 Å². The molecule has 0 atom stereocenters. The Morgan fingerprint density at radius 3 is 2.41 bits per heavy atom. The highest BCUT2D eigenvalue weighted by molar-refractivity contribution is 7.89. The van der Waals surface area contributed by atoms with Crippen LogP contribution in [0.1, 0.15) is 54.4 Å². The Balaban J connectivity index is 1.45. The minimum atomic E-state index is -3.60. The summed E-state index contributed by atoms with van der Waals surface area (Å²) in [5.74, 6) is -0.258. The number of rotatable bonds is 10. The van der Waals surface area contributed by atoms with Crippen molar-refractivity contribution >= 4 is 53.8 Å². The van der Waals surface area contributed by atoms with Gasteiger partial charge in [0.15, 0.2) is 0 Å². The predicted octanol–water partition coefficient (Wildman–Crippen LogP) is 6.47. The number of fused-ring (bicyclic) bond motifs is 2. The van der Waals surface area contributed by atoms with Gasteiger partial charge in [0.05, 0.1) is 15.1 Å². The molecule has 10 heteroatoms. The average molecular weight is 583 g/mol. The van der Waals surface area contributed by atoms with Gasteiger partial charge in [0.2, 0.25) is 10.0 Å². The molecule has 0 radical (unpaired) electrons. The Labute approximate surface area is 238 Å². The van der Waals surface area contributed by atoms with E-state index in [-0.39, 0.29) is 10.8 Å². The van der Waals surface area contributed by atoms with Gasteiger partial charge in [-0.25, -0.2) is 13.4 Å². The number of benzene rings is 2. The Kier molecular flexibility index (Phi) is 8.49. The lowest BCUT2D eigenvalue weighted by atomic mass is 10.0. The van der Waals surface area contributed by atoms with Crippen LogP contribution in [0.4, 0.5) is 5.00 Å². The molecule has 1 amide bonds. The quantitative estimate of drug-likeness (QED) is 0.232. The summed E-state index contributed by atoms with van der Waals surface area (Å²) in [6, 6.07) is 14.4. The van der Waals surface area contributed by atoms with Gasteiger partial charge in [-0.15, -0.1) is 22.7 Å². The van der Waals surface area contributed by atoms with E-state index in [1.54, 1.807) is 34.8 Å². The van der Waals surface area contributed by atoms with Crippen LogP contribution in [0.3, 0.4) is 0 Å². The van der Waals surface area contributed by atoms with Gasteiger partial charge in [0.25, 0.3) is 5.91 Å². The summed E-state index contributed by atoms with van der Waals surface area (Å²) in [5.41, 5.74) is 3.67. The summed E-state index contributed by atoms with van der Waals surface area (Å²) >= 11 is 3.27. The van der Waals surface area contributed by atoms with Crippen molar-refractivity contribution in [3.63, 3.8) is 0 Å². The second-order valence-electron chi connectivity index (χ2n) is 9.70. The summed E-state index contributed by atoms with van der Waals surface area (Å²) in [5, 5.41) is 4.87. The topological polar surface area (TPSA) is 82.6 Å². The van der Waals surface area contributed by atoms with Crippen LogP contribution in [0, 0.1) is 0 Å². The number of aromatic nitrogens is 1. The van der Waals surface area contributed by atoms with E-state index in [4.69, 9.17) is 4.98 Å². The standard InChI is InChI=1S/C29H34N4O3S3/c1-4-16-33(17-5-2)39(35,36)21-13-11-20(12-14-21)27(34)31-29-26(22-15-18-32(6-3)19-25(22)38-29)28-30-23-9-7-8-10-24(23)37-28/h7-14H,4-6,15-19H2,1-3H3,(H,31,34). The fourth-order valence-corrected chi connectivity index (χ4v) is 8.99. The number of sulfonamides is 1. The van der Waals surface area contributed by atoms with E-state index in [9.17, 15) is 13.2 Å². The van der Waals surface area contributed by atoms with E-state index in [2.05, 4.69) is 23.2 Å². The van der Waals surface area contributed by atoms with Gasteiger partial charge in [0, 0.05) is 42.2 Å². The molecule has 2 aromatic heterocycles. The predicted molar refractivity (Wildman–Crippen MR) is 161 cm³/mol. The number of anilines is 1. The average Bonchev–Trinajstić information content (AvgIpc) is 3.53. The zero-order valence-electron chi connectivity index (χ0n) is 22.6. The van der Waals surface area contributed by atoms with Crippen LogP contribution in [0.15, 0.2) is 53.4 Å². The number of nitrogens with zero attached hydrogens (tertiary/aromatic N) is 3. The molecule has 39 heavy (non-hydrogen) atoms. The molecule has 0 spiro atoms. The van der Waals surface area contributed by atoms with Crippen molar-refractivity contribution in [2.75, 3.05) is 31.5 Å². The van der Waals surface area contributed by atoms with Crippen molar-refractivity contribution < 1.29 is 13.2 Å². The number of hydrogen-bond acceptors (Lipinski definition) is 7. The van der Waals surface area contributed by atoms with Crippen LogP contribution in [-0.4, -0.2) is 54.7 Å². The molecule has 4 aromatic rings. The molecule has 5 rings (SSSR count). The first-order valence-corrected chi connectivity index (χ1v) is 16.6. The Morgan fingerprint density at radius 1 is 1.03 bits per heavy atom. The summed E-state index contributed by atoms with van der Waals surface area (Å²) in [4.78, 5) is 22.2. The lowest BCUT2D eigenvalue weighted by molar-refractivity contribution is 0.102. The Hall–Kier alpha value is -2.63. The maximum Gasteiger partial charge on any atom is 0.256 e. The molecule has 0 saturated heterocycles. The second kappa shape index (κ2) is 11.9. The highest BCUT2D eigenvalue weighted by Gasteiger charge is 2.28. The molecular weight excluding hydrogens is 549 g/mol. The van der Waals surface area contributed by atoms with E-state index in [0.717, 1.165) is 64.7 Å². The molecule has 0 saturated carbocycles. The van der Waals surface area contributed by atoms with Crippen LogP contribution < -0.4 is 5.32 Å². The highest BCUT2D eigenvalue weighted by atomic mass is 32.2. The van der Waals surface area contributed by atoms with Crippen LogP contribution in [0.2, 0.25) is 0 Å². The summed E-state index contributed by atoms with van der Waals surface area (Å²) in [7, 11) is -3.60. The molecule has 1 aliphatic heterocycles. The van der Waals surface area contributed by atoms with Crippen LogP contribution in [0.25, 0.3) is 20.8 Å². The second-order valence-corrected chi connectivity index (χ2v) is 13.8. The first-order chi connectivity index (χ1) is 18.8. The monoisotopic (exact) mass is 582 g/mol. The van der Waals surface area contributed by atoms with E-state index in [1.165, 1.54) is 26.9 Å². The third kappa shape index (κ3) is 5.67. The highest BCUT2D eigenvalue weighted by Crippen LogP contribution is 2.45. The first kappa shape index (κ1) is 27.9. The molecule has 0 bridgehead atoms. The van der Waals surface area contributed by atoms with Gasteiger partial charge in [-0.3, -0.25) is 9.69 Å². The SMILES string of the molecule is CCCN(CCC)S(=O)(=O)c1ccc(C(=O)Nc2sc3c(c2-c2nc4ccccc4s2)CCN(CC)C3)cc1. The molecule has 0 fully saturated rings. The van der Waals surface area contributed by atoms with Crippen molar-refractivity contribution in [3.05, 3.63) is 64.5 Å². The molecule has 0 unspecified atom stereocenters. The lowest BCUT2D eigenvalue weighted by Crippen LogP contribution is -2.32. The van der Waals surface area contributed by atoms with Crippen LogP contribution >= 0.6 is 22.7 Å². The smallest absolute Gasteiger partial charge is 0.256 e. The van der Waals surface area contributed by atoms with Crippen LogP contribution in [-0.2, 0) is 23.0 Å². The minimum absolute atomic E-state index is 0.211. The number of nitrogens with one attached hydrogen (secondary N) is 1. The minimum Gasteiger partial charge on any atom is -0.313 e. The maximum atomic E-state index is 13.4. The van der Waals surface area contributed by atoms with Gasteiger partial charge in [0.1, 0.15) is 10.0 Å². The maximum absolute atomic E-state index is 13.4. The zero-order chi connectivity index (χ0) is 27.6. The first-order valence-electron chi connectivity index (χ1n) is 13.5. The van der Waals surface area contributed by atoms with E-state index in [0.29, 0.717) is 18.7 Å². The summed E-state index contributed by atoms with van der Waals surface area (Å²) in [6.45, 7) is 9.89. The molecule has 7 nitrogen and oxygen atoms in total. The third-order valence-corrected chi connectivity index (χ3v) is 11.1. The normalized spacial score (nSPS) is 14.2. The Morgan fingerprint density at radius 2 is 1.74 bits per heavy atom.